The Bertz CT molecular complexity index is 309. The summed E-state index contributed by atoms with van der Waals surface area (Å²) in [7, 11) is 2.14. The van der Waals surface area contributed by atoms with E-state index in [4.69, 9.17) is 4.42 Å². The highest BCUT2D eigenvalue weighted by Gasteiger charge is 2.09. The van der Waals surface area contributed by atoms with Gasteiger partial charge < -0.3 is 9.73 Å². The van der Waals surface area contributed by atoms with Crippen LogP contribution in [0.5, 0.6) is 0 Å². The lowest BCUT2D eigenvalue weighted by molar-refractivity contribution is 0.222. The molecular formula is C14H26N2O. The summed E-state index contributed by atoms with van der Waals surface area (Å²) in [5.74, 6) is 2.09. The number of furan rings is 1. The van der Waals surface area contributed by atoms with E-state index in [0.29, 0.717) is 6.04 Å². The molecule has 0 radical (unpaired) electrons. The molecule has 1 N–H and O–H groups in total. The van der Waals surface area contributed by atoms with Gasteiger partial charge in [-0.2, -0.15) is 0 Å². The maximum atomic E-state index is 5.79. The summed E-state index contributed by atoms with van der Waals surface area (Å²) in [6, 6.07) is 4.76. The van der Waals surface area contributed by atoms with Crippen LogP contribution >= 0.6 is 0 Å². The molecule has 0 aliphatic heterocycles. The molecule has 1 rings (SSSR count). The first-order valence-electron chi connectivity index (χ1n) is 6.65. The van der Waals surface area contributed by atoms with E-state index < -0.39 is 0 Å². The molecule has 0 aromatic carbocycles. The molecule has 3 heteroatoms. The molecule has 1 atom stereocenters. The lowest BCUT2D eigenvalue weighted by Gasteiger charge is -2.22. The molecule has 0 saturated carbocycles. The Morgan fingerprint density at radius 3 is 2.65 bits per heavy atom. The summed E-state index contributed by atoms with van der Waals surface area (Å²) in [5.41, 5.74) is 0. The Morgan fingerprint density at radius 2 is 2.00 bits per heavy atom. The summed E-state index contributed by atoms with van der Waals surface area (Å²) >= 11 is 0. The minimum Gasteiger partial charge on any atom is -0.463 e. The molecule has 0 spiro atoms. The second-order valence-corrected chi connectivity index (χ2v) is 4.72. The predicted molar refractivity (Wildman–Crippen MR) is 71.9 cm³/mol. The average Bonchev–Trinajstić information content (AvgIpc) is 2.76. The number of rotatable bonds is 8. The Hall–Kier alpha value is -0.800. The fraction of sp³-hybridized carbons (Fsp3) is 0.714. The van der Waals surface area contributed by atoms with Crippen LogP contribution in [0, 0.1) is 0 Å². The van der Waals surface area contributed by atoms with E-state index >= 15 is 0 Å². The molecule has 0 aliphatic rings. The van der Waals surface area contributed by atoms with Crippen molar-refractivity contribution in [2.24, 2.45) is 0 Å². The lowest BCUT2D eigenvalue weighted by Crippen LogP contribution is -2.27. The Kier molecular flexibility index (Phi) is 6.30. The van der Waals surface area contributed by atoms with Crippen molar-refractivity contribution in [1.29, 1.82) is 0 Å². The molecule has 1 aromatic heterocycles. The topological polar surface area (TPSA) is 28.4 Å². The maximum Gasteiger partial charge on any atom is 0.118 e. The number of nitrogens with one attached hydrogen (secondary N) is 1. The monoisotopic (exact) mass is 238 g/mol. The highest BCUT2D eigenvalue weighted by Crippen LogP contribution is 2.12. The van der Waals surface area contributed by atoms with Gasteiger partial charge in [-0.1, -0.05) is 13.8 Å². The van der Waals surface area contributed by atoms with Crippen LogP contribution in [-0.2, 0) is 13.1 Å². The minimum absolute atomic E-state index is 0.599. The normalized spacial score (nSPS) is 13.2. The summed E-state index contributed by atoms with van der Waals surface area (Å²) in [5, 5.41) is 3.34. The van der Waals surface area contributed by atoms with Gasteiger partial charge >= 0.3 is 0 Å². The summed E-state index contributed by atoms with van der Waals surface area (Å²) in [6.45, 7) is 9.39. The van der Waals surface area contributed by atoms with Gasteiger partial charge in [0.05, 0.1) is 13.1 Å². The van der Waals surface area contributed by atoms with E-state index in [1.807, 2.05) is 0 Å². The van der Waals surface area contributed by atoms with Crippen molar-refractivity contribution in [3.8, 4) is 0 Å². The Morgan fingerprint density at radius 1 is 1.29 bits per heavy atom. The largest absolute Gasteiger partial charge is 0.463 e. The third-order valence-corrected chi connectivity index (χ3v) is 3.19. The Labute approximate surface area is 105 Å². The van der Waals surface area contributed by atoms with Crippen molar-refractivity contribution in [2.45, 2.75) is 52.7 Å². The molecule has 3 nitrogen and oxygen atoms in total. The number of hydrogen-bond acceptors (Lipinski definition) is 3. The molecule has 1 aromatic rings. The highest BCUT2D eigenvalue weighted by molar-refractivity contribution is 5.07. The van der Waals surface area contributed by atoms with E-state index in [9.17, 15) is 0 Å². The van der Waals surface area contributed by atoms with Crippen molar-refractivity contribution >= 4 is 0 Å². The summed E-state index contributed by atoms with van der Waals surface area (Å²) < 4.78 is 5.79. The molecule has 0 bridgehead atoms. The first kappa shape index (κ1) is 14.3. The molecule has 0 saturated heterocycles. The minimum atomic E-state index is 0.599. The summed E-state index contributed by atoms with van der Waals surface area (Å²) in [4.78, 5) is 2.32. The van der Waals surface area contributed by atoms with E-state index in [-0.39, 0.29) is 0 Å². The molecule has 1 heterocycles. The van der Waals surface area contributed by atoms with Crippen LogP contribution in [0.2, 0.25) is 0 Å². The van der Waals surface area contributed by atoms with Gasteiger partial charge in [0.2, 0.25) is 0 Å². The zero-order chi connectivity index (χ0) is 12.7. The quantitative estimate of drug-likeness (QED) is 0.706. The molecular weight excluding hydrogens is 212 g/mol. The van der Waals surface area contributed by atoms with Crippen LogP contribution in [-0.4, -0.2) is 24.5 Å². The molecule has 0 amide bonds. The van der Waals surface area contributed by atoms with Crippen LogP contribution < -0.4 is 5.32 Å². The van der Waals surface area contributed by atoms with Gasteiger partial charge in [0.15, 0.2) is 0 Å². The third kappa shape index (κ3) is 4.92. The van der Waals surface area contributed by atoms with Gasteiger partial charge in [0.1, 0.15) is 11.5 Å². The smallest absolute Gasteiger partial charge is 0.118 e. The van der Waals surface area contributed by atoms with Crippen molar-refractivity contribution in [1.82, 2.24) is 10.2 Å². The molecule has 0 fully saturated rings. The highest BCUT2D eigenvalue weighted by atomic mass is 16.3. The van der Waals surface area contributed by atoms with Crippen LogP contribution in [0.15, 0.2) is 16.5 Å². The fourth-order valence-corrected chi connectivity index (χ4v) is 1.70. The van der Waals surface area contributed by atoms with Gasteiger partial charge in [0.25, 0.3) is 0 Å². The SMILES string of the molecule is CCCNCc1ccc(CN(C)C(C)CC)o1. The second-order valence-electron chi connectivity index (χ2n) is 4.72. The van der Waals surface area contributed by atoms with Crippen LogP contribution in [0.25, 0.3) is 0 Å². The molecule has 98 valence electrons. The van der Waals surface area contributed by atoms with Crippen LogP contribution in [0.3, 0.4) is 0 Å². The zero-order valence-electron chi connectivity index (χ0n) is 11.6. The number of hydrogen-bond donors (Lipinski definition) is 1. The van der Waals surface area contributed by atoms with Gasteiger partial charge in [-0.05, 0) is 45.5 Å². The van der Waals surface area contributed by atoms with Gasteiger partial charge in [0, 0.05) is 6.04 Å². The summed E-state index contributed by atoms with van der Waals surface area (Å²) in [6.07, 6.45) is 2.33. The van der Waals surface area contributed by atoms with E-state index in [1.54, 1.807) is 0 Å². The van der Waals surface area contributed by atoms with Gasteiger partial charge in [-0.25, -0.2) is 0 Å². The van der Waals surface area contributed by atoms with E-state index in [0.717, 1.165) is 37.6 Å². The van der Waals surface area contributed by atoms with Crippen molar-refractivity contribution in [3.63, 3.8) is 0 Å². The van der Waals surface area contributed by atoms with Crippen molar-refractivity contribution < 1.29 is 4.42 Å². The maximum absolute atomic E-state index is 5.79. The third-order valence-electron chi connectivity index (χ3n) is 3.19. The molecule has 17 heavy (non-hydrogen) atoms. The van der Waals surface area contributed by atoms with Crippen molar-refractivity contribution in [2.75, 3.05) is 13.6 Å². The number of nitrogens with zero attached hydrogens (tertiary/aromatic N) is 1. The van der Waals surface area contributed by atoms with Gasteiger partial charge in [-0.15, -0.1) is 0 Å². The second kappa shape index (κ2) is 7.51. The van der Waals surface area contributed by atoms with E-state index in [2.05, 4.69) is 50.2 Å². The van der Waals surface area contributed by atoms with Gasteiger partial charge in [-0.3, -0.25) is 4.90 Å². The van der Waals surface area contributed by atoms with Crippen molar-refractivity contribution in [3.05, 3.63) is 23.7 Å². The lowest BCUT2D eigenvalue weighted by atomic mass is 10.2. The molecule has 0 aliphatic carbocycles. The van der Waals surface area contributed by atoms with Crippen LogP contribution in [0.4, 0.5) is 0 Å². The predicted octanol–water partition coefficient (Wildman–Crippen LogP) is 3.01. The standard InChI is InChI=1S/C14H26N2O/c1-5-9-15-10-13-7-8-14(17-13)11-16(4)12(3)6-2/h7-8,12,15H,5-6,9-11H2,1-4H3. The van der Waals surface area contributed by atoms with Crippen LogP contribution in [0.1, 0.15) is 45.1 Å². The fourth-order valence-electron chi connectivity index (χ4n) is 1.70. The van der Waals surface area contributed by atoms with E-state index in [1.165, 1.54) is 6.42 Å². The first-order chi connectivity index (χ1) is 8.17. The molecule has 1 unspecified atom stereocenters. The first-order valence-corrected chi connectivity index (χ1v) is 6.65. The zero-order valence-corrected chi connectivity index (χ0v) is 11.6. The average molecular weight is 238 g/mol. The Balaban J connectivity index is 2.39.